The van der Waals surface area contributed by atoms with Gasteiger partial charge in [0.05, 0.1) is 11.3 Å². The molecule has 4 rings (SSSR count). The van der Waals surface area contributed by atoms with Crippen molar-refractivity contribution in [2.75, 3.05) is 5.75 Å². The van der Waals surface area contributed by atoms with Crippen LogP contribution in [0.15, 0.2) is 27.8 Å². The summed E-state index contributed by atoms with van der Waals surface area (Å²) in [5.41, 5.74) is 2.62. The summed E-state index contributed by atoms with van der Waals surface area (Å²) in [5, 5.41) is 10.2. The quantitative estimate of drug-likeness (QED) is 0.563. The highest BCUT2D eigenvalue weighted by Gasteiger charge is 2.28. The molecule has 8 heteroatoms. The van der Waals surface area contributed by atoms with Crippen molar-refractivity contribution < 1.29 is 4.79 Å². The maximum absolute atomic E-state index is 12.7. The Kier molecular flexibility index (Phi) is 5.11. The molecule has 1 aliphatic rings. The average Bonchev–Trinajstić information content (AvgIpc) is 2.91. The summed E-state index contributed by atoms with van der Waals surface area (Å²) < 4.78 is 3.02. The molecule has 3 aromatic rings. The zero-order chi connectivity index (χ0) is 19.1. The van der Waals surface area contributed by atoms with E-state index < -0.39 is 0 Å². The first kappa shape index (κ1) is 18.7. The molecule has 3 heterocycles. The summed E-state index contributed by atoms with van der Waals surface area (Å²) in [5.74, 6) is 0.501. The van der Waals surface area contributed by atoms with Gasteiger partial charge in [0.1, 0.15) is 5.52 Å². The van der Waals surface area contributed by atoms with Crippen molar-refractivity contribution in [1.82, 2.24) is 24.6 Å². The van der Waals surface area contributed by atoms with Gasteiger partial charge in [0.2, 0.25) is 11.1 Å². The van der Waals surface area contributed by atoms with Gasteiger partial charge in [-0.1, -0.05) is 27.7 Å². The van der Waals surface area contributed by atoms with Crippen LogP contribution in [0.2, 0.25) is 0 Å². The van der Waals surface area contributed by atoms with E-state index in [0.29, 0.717) is 23.0 Å². The number of halogens is 1. The number of benzene rings is 1. The third-order valence-electron chi connectivity index (χ3n) is 5.35. The highest BCUT2D eigenvalue weighted by Crippen LogP contribution is 2.29. The molecule has 0 bridgehead atoms. The minimum absolute atomic E-state index is 0.157. The Labute approximate surface area is 170 Å². The highest BCUT2D eigenvalue weighted by molar-refractivity contribution is 9.10. The van der Waals surface area contributed by atoms with Crippen molar-refractivity contribution >= 4 is 55.7 Å². The van der Waals surface area contributed by atoms with Crippen LogP contribution in [-0.2, 0) is 11.8 Å². The Balaban J connectivity index is 1.57. The first-order valence-electron chi connectivity index (χ1n) is 9.18. The molecule has 0 radical (unpaired) electrons. The predicted molar refractivity (Wildman–Crippen MR) is 112 cm³/mol. The lowest BCUT2D eigenvalue weighted by Crippen LogP contribution is -2.48. The number of aromatic nitrogens is 4. The second kappa shape index (κ2) is 7.39. The molecule has 6 nitrogen and oxygen atoms in total. The first-order valence-corrected chi connectivity index (χ1v) is 11.0. The molecule has 0 unspecified atom stereocenters. The largest absolute Gasteiger partial charge is 0.337 e. The van der Waals surface area contributed by atoms with Gasteiger partial charge in [-0.3, -0.25) is 4.79 Å². The molecular formula is C19H22BrN5OS. The van der Waals surface area contributed by atoms with Gasteiger partial charge < -0.3 is 9.47 Å². The number of fused-ring (bicyclic) bond motifs is 3. The first-order chi connectivity index (χ1) is 13.0. The van der Waals surface area contributed by atoms with Gasteiger partial charge in [-0.2, -0.15) is 0 Å². The highest BCUT2D eigenvalue weighted by atomic mass is 79.9. The minimum atomic E-state index is 0.157. The van der Waals surface area contributed by atoms with Crippen molar-refractivity contribution in [1.29, 1.82) is 0 Å². The Morgan fingerprint density at radius 2 is 2.00 bits per heavy atom. The van der Waals surface area contributed by atoms with Crippen LogP contribution in [0.4, 0.5) is 0 Å². The standard InChI is InChI=1S/C19H22BrN5OS/c1-11-5-4-6-12(2)25(11)16(26)10-27-19-21-18-17(22-23-19)14-9-13(20)7-8-15(14)24(18)3/h7-9,11-12H,4-6,10H2,1-3H3/t11-,12-/m1/s1. The number of carbonyl (C=O) groups excluding carboxylic acids is 1. The van der Waals surface area contributed by atoms with Gasteiger partial charge in [-0.05, 0) is 51.3 Å². The minimum Gasteiger partial charge on any atom is -0.337 e. The molecule has 27 heavy (non-hydrogen) atoms. The van der Waals surface area contributed by atoms with E-state index in [4.69, 9.17) is 0 Å². The summed E-state index contributed by atoms with van der Waals surface area (Å²) in [6.07, 6.45) is 3.35. The summed E-state index contributed by atoms with van der Waals surface area (Å²) in [7, 11) is 1.98. The van der Waals surface area contributed by atoms with E-state index in [-0.39, 0.29) is 5.91 Å². The normalized spacial score (nSPS) is 20.5. The molecule has 0 aliphatic carbocycles. The van der Waals surface area contributed by atoms with Gasteiger partial charge >= 0.3 is 0 Å². The molecule has 0 N–H and O–H groups in total. The lowest BCUT2D eigenvalue weighted by atomic mass is 9.98. The molecule has 142 valence electrons. The maximum Gasteiger partial charge on any atom is 0.233 e. The second-order valence-corrected chi connectivity index (χ2v) is 9.06. The number of carbonyl (C=O) groups is 1. The SMILES string of the molecule is C[C@@H]1CCC[C@@H](C)N1C(=O)CSc1nnc2c3cc(Br)ccc3n(C)c2n1. The van der Waals surface area contributed by atoms with Gasteiger partial charge in [0, 0.05) is 29.0 Å². The lowest BCUT2D eigenvalue weighted by molar-refractivity contribution is -0.134. The zero-order valence-corrected chi connectivity index (χ0v) is 18.0. The molecule has 1 fully saturated rings. The Bertz CT molecular complexity index is 1010. The summed E-state index contributed by atoms with van der Waals surface area (Å²) in [6.45, 7) is 4.27. The fraction of sp³-hybridized carbons (Fsp3) is 0.474. The van der Waals surface area contributed by atoms with Gasteiger partial charge in [0.15, 0.2) is 5.65 Å². The number of rotatable bonds is 3. The topological polar surface area (TPSA) is 63.9 Å². The number of amides is 1. The van der Waals surface area contributed by atoms with Crippen LogP contribution in [0.1, 0.15) is 33.1 Å². The number of likely N-dealkylation sites (tertiary alicyclic amines) is 1. The number of nitrogens with zero attached hydrogens (tertiary/aromatic N) is 5. The Morgan fingerprint density at radius 3 is 2.74 bits per heavy atom. The van der Waals surface area contributed by atoms with Gasteiger partial charge in [-0.15, -0.1) is 10.2 Å². The molecule has 1 amide bonds. The smallest absolute Gasteiger partial charge is 0.233 e. The van der Waals surface area contributed by atoms with Gasteiger partial charge in [-0.25, -0.2) is 4.98 Å². The van der Waals surface area contributed by atoms with E-state index in [1.807, 2.05) is 34.7 Å². The molecule has 1 aliphatic heterocycles. The Hall–Kier alpha value is -1.67. The Morgan fingerprint density at radius 1 is 1.26 bits per heavy atom. The predicted octanol–water partition coefficient (Wildman–Crippen LogP) is 4.16. The van der Waals surface area contributed by atoms with E-state index >= 15 is 0 Å². The van der Waals surface area contributed by atoms with E-state index in [1.54, 1.807) is 0 Å². The van der Waals surface area contributed by atoms with Crippen molar-refractivity contribution in [3.8, 4) is 0 Å². The van der Waals surface area contributed by atoms with Crippen LogP contribution in [0.3, 0.4) is 0 Å². The average molecular weight is 448 g/mol. The molecule has 2 atom stereocenters. The third kappa shape index (κ3) is 3.45. The molecule has 1 saturated heterocycles. The van der Waals surface area contributed by atoms with Crippen molar-refractivity contribution in [2.24, 2.45) is 7.05 Å². The summed E-state index contributed by atoms with van der Waals surface area (Å²) in [4.78, 5) is 19.4. The van der Waals surface area contributed by atoms with E-state index in [9.17, 15) is 4.79 Å². The summed E-state index contributed by atoms with van der Waals surface area (Å²) in [6, 6.07) is 6.69. The van der Waals surface area contributed by atoms with Crippen molar-refractivity contribution in [3.05, 3.63) is 22.7 Å². The summed E-state index contributed by atoms with van der Waals surface area (Å²) >= 11 is 4.87. The van der Waals surface area contributed by atoms with Crippen LogP contribution in [0.25, 0.3) is 22.1 Å². The number of hydrogen-bond donors (Lipinski definition) is 0. The van der Waals surface area contributed by atoms with Crippen LogP contribution < -0.4 is 0 Å². The zero-order valence-electron chi connectivity index (χ0n) is 15.6. The van der Waals surface area contributed by atoms with E-state index in [2.05, 4.69) is 45.0 Å². The lowest BCUT2D eigenvalue weighted by Gasteiger charge is -2.39. The van der Waals surface area contributed by atoms with E-state index in [0.717, 1.165) is 39.4 Å². The fourth-order valence-corrected chi connectivity index (χ4v) is 5.00. The van der Waals surface area contributed by atoms with E-state index in [1.165, 1.54) is 18.2 Å². The monoisotopic (exact) mass is 447 g/mol. The fourth-order valence-electron chi connectivity index (χ4n) is 3.99. The number of thioether (sulfide) groups is 1. The van der Waals surface area contributed by atoms with Crippen molar-refractivity contribution in [3.63, 3.8) is 0 Å². The number of hydrogen-bond acceptors (Lipinski definition) is 5. The van der Waals surface area contributed by atoms with Crippen LogP contribution in [-0.4, -0.2) is 48.4 Å². The molecular weight excluding hydrogens is 426 g/mol. The molecule has 0 spiro atoms. The van der Waals surface area contributed by atoms with Crippen LogP contribution in [0, 0.1) is 0 Å². The molecule has 1 aromatic carbocycles. The van der Waals surface area contributed by atoms with Crippen LogP contribution >= 0.6 is 27.7 Å². The van der Waals surface area contributed by atoms with Gasteiger partial charge in [0.25, 0.3) is 0 Å². The van der Waals surface area contributed by atoms with Crippen LogP contribution in [0.5, 0.6) is 0 Å². The number of aryl methyl sites for hydroxylation is 1. The maximum atomic E-state index is 12.7. The molecule has 2 aromatic heterocycles. The molecule has 0 saturated carbocycles. The third-order valence-corrected chi connectivity index (χ3v) is 6.66. The number of piperidine rings is 1. The second-order valence-electron chi connectivity index (χ2n) is 7.21. The van der Waals surface area contributed by atoms with Crippen molar-refractivity contribution in [2.45, 2.75) is 50.4 Å².